The maximum Gasteiger partial charge on any atom is 0.322 e. The van der Waals surface area contributed by atoms with Crippen LogP contribution in [-0.2, 0) is 16.8 Å². The van der Waals surface area contributed by atoms with E-state index in [1.165, 1.54) is 18.4 Å². The van der Waals surface area contributed by atoms with Gasteiger partial charge in [-0.25, -0.2) is 4.79 Å². The number of likely N-dealkylation sites (tertiary alicyclic amines) is 1. The van der Waals surface area contributed by atoms with E-state index >= 15 is 0 Å². The zero-order valence-corrected chi connectivity index (χ0v) is 18.6. The molecule has 168 valence electrons. The van der Waals surface area contributed by atoms with Crippen molar-refractivity contribution >= 4 is 11.9 Å². The number of aryl methyl sites for hydroxylation is 1. The Balaban J connectivity index is 1.29. The predicted octanol–water partition coefficient (Wildman–Crippen LogP) is 3.56. The summed E-state index contributed by atoms with van der Waals surface area (Å²) >= 11 is 0. The van der Waals surface area contributed by atoms with Gasteiger partial charge in [-0.15, -0.1) is 0 Å². The third kappa shape index (κ3) is 3.66. The lowest BCUT2D eigenvalue weighted by molar-refractivity contribution is -0.127. The highest BCUT2D eigenvalue weighted by molar-refractivity contribution is 6.08. The molecule has 0 saturated carbocycles. The first-order valence-electron chi connectivity index (χ1n) is 11.7. The number of amides is 3. The molecule has 2 unspecified atom stereocenters. The Labute approximate surface area is 189 Å². The molecule has 5 rings (SSSR count). The molecule has 6 heteroatoms. The maximum absolute atomic E-state index is 13.1. The van der Waals surface area contributed by atoms with E-state index in [0.717, 1.165) is 55.8 Å². The van der Waals surface area contributed by atoms with Gasteiger partial charge in [-0.05, 0) is 92.4 Å². The van der Waals surface area contributed by atoms with Crippen LogP contribution in [0.3, 0.4) is 0 Å². The minimum atomic E-state index is -0.973. The number of carbonyl (C=O) groups is 2. The Bertz CT molecular complexity index is 1000. The molecule has 2 N–H and O–H groups in total. The molecule has 3 aliphatic rings. The highest BCUT2D eigenvalue weighted by Crippen LogP contribution is 2.44. The van der Waals surface area contributed by atoms with Crippen LogP contribution in [0.25, 0.3) is 0 Å². The largest absolute Gasteiger partial charge is 0.497 e. The molecule has 3 amide bonds. The normalized spacial score (nSPS) is 26.0. The van der Waals surface area contributed by atoms with Crippen molar-refractivity contribution in [1.29, 1.82) is 0 Å². The summed E-state index contributed by atoms with van der Waals surface area (Å²) in [5.74, 6) is 1.27. The van der Waals surface area contributed by atoms with E-state index in [-0.39, 0.29) is 11.8 Å². The highest BCUT2D eigenvalue weighted by atomic mass is 16.5. The van der Waals surface area contributed by atoms with Gasteiger partial charge in [-0.3, -0.25) is 10.1 Å². The molecule has 2 aliphatic heterocycles. The van der Waals surface area contributed by atoms with Crippen LogP contribution in [-0.4, -0.2) is 43.6 Å². The lowest BCUT2D eigenvalue weighted by Crippen LogP contribution is -2.53. The fourth-order valence-corrected chi connectivity index (χ4v) is 5.92. The molecule has 1 aliphatic carbocycles. The molecule has 0 bridgehead atoms. The SMILES string of the molecule is COc1ccc2c(c1)CCC(CCN1CCC(c3ccccc3)CC1)C21NC(=O)NC1=O. The summed E-state index contributed by atoms with van der Waals surface area (Å²) in [6.07, 6.45) is 4.97. The third-order valence-corrected chi connectivity index (χ3v) is 7.66. The van der Waals surface area contributed by atoms with Crippen LogP contribution in [0, 0.1) is 5.92 Å². The van der Waals surface area contributed by atoms with E-state index in [1.54, 1.807) is 7.11 Å². The summed E-state index contributed by atoms with van der Waals surface area (Å²) in [5.41, 5.74) is 2.47. The smallest absolute Gasteiger partial charge is 0.322 e. The number of methoxy groups -OCH3 is 1. The summed E-state index contributed by atoms with van der Waals surface area (Å²) in [5, 5.41) is 5.53. The summed E-state index contributed by atoms with van der Waals surface area (Å²) in [4.78, 5) is 27.8. The Morgan fingerprint density at radius 2 is 1.84 bits per heavy atom. The molecule has 32 heavy (non-hydrogen) atoms. The number of nitrogens with one attached hydrogen (secondary N) is 2. The number of hydrogen-bond acceptors (Lipinski definition) is 4. The van der Waals surface area contributed by atoms with Crippen LogP contribution in [0.2, 0.25) is 0 Å². The molecule has 2 fully saturated rings. The minimum absolute atomic E-state index is 0.0710. The summed E-state index contributed by atoms with van der Waals surface area (Å²) < 4.78 is 5.38. The molecule has 2 aromatic carbocycles. The van der Waals surface area contributed by atoms with Crippen molar-refractivity contribution in [1.82, 2.24) is 15.5 Å². The first-order valence-corrected chi connectivity index (χ1v) is 11.7. The second kappa shape index (κ2) is 8.58. The number of rotatable bonds is 5. The average Bonchev–Trinajstić information content (AvgIpc) is 3.13. The topological polar surface area (TPSA) is 70.7 Å². The van der Waals surface area contributed by atoms with Gasteiger partial charge in [0.1, 0.15) is 11.3 Å². The fourth-order valence-electron chi connectivity index (χ4n) is 5.92. The molecule has 6 nitrogen and oxygen atoms in total. The molecule has 2 aromatic rings. The van der Waals surface area contributed by atoms with Gasteiger partial charge in [0.05, 0.1) is 7.11 Å². The average molecular weight is 434 g/mol. The number of benzene rings is 2. The Hall–Kier alpha value is -2.86. The van der Waals surface area contributed by atoms with E-state index in [9.17, 15) is 9.59 Å². The van der Waals surface area contributed by atoms with E-state index < -0.39 is 11.6 Å². The number of ether oxygens (including phenoxy) is 1. The molecule has 0 aromatic heterocycles. The lowest BCUT2D eigenvalue weighted by Gasteiger charge is -2.42. The summed E-state index contributed by atoms with van der Waals surface area (Å²) in [6, 6.07) is 16.2. The monoisotopic (exact) mass is 433 g/mol. The lowest BCUT2D eigenvalue weighted by atomic mass is 9.67. The van der Waals surface area contributed by atoms with Gasteiger partial charge in [0.15, 0.2) is 0 Å². The van der Waals surface area contributed by atoms with Gasteiger partial charge in [0.25, 0.3) is 5.91 Å². The van der Waals surface area contributed by atoms with Crippen molar-refractivity contribution in [3.8, 4) is 5.75 Å². The van der Waals surface area contributed by atoms with Crippen LogP contribution in [0.5, 0.6) is 5.75 Å². The molecule has 0 radical (unpaired) electrons. The van der Waals surface area contributed by atoms with Gasteiger partial charge in [0.2, 0.25) is 0 Å². The van der Waals surface area contributed by atoms with Crippen molar-refractivity contribution in [2.75, 3.05) is 26.7 Å². The molecule has 2 atom stereocenters. The second-order valence-corrected chi connectivity index (χ2v) is 9.29. The van der Waals surface area contributed by atoms with Gasteiger partial charge in [-0.2, -0.15) is 0 Å². The van der Waals surface area contributed by atoms with Crippen LogP contribution in [0.4, 0.5) is 4.79 Å². The van der Waals surface area contributed by atoms with Crippen LogP contribution >= 0.6 is 0 Å². The van der Waals surface area contributed by atoms with Gasteiger partial charge < -0.3 is 15.0 Å². The first kappa shape index (κ1) is 21.0. The molecular formula is C26H31N3O3. The van der Waals surface area contributed by atoms with E-state index in [1.807, 2.05) is 18.2 Å². The van der Waals surface area contributed by atoms with Crippen molar-refractivity contribution in [2.45, 2.75) is 43.6 Å². The third-order valence-electron chi connectivity index (χ3n) is 7.66. The number of carbonyl (C=O) groups excluding carboxylic acids is 2. The Morgan fingerprint density at radius 1 is 1.06 bits per heavy atom. The highest BCUT2D eigenvalue weighted by Gasteiger charge is 2.55. The standard InChI is InChI=1S/C26H31N3O3/c1-32-22-9-10-23-20(17-22)7-8-21(26(23)24(30)27-25(31)28-26)13-16-29-14-11-19(12-15-29)18-5-3-2-4-6-18/h2-6,9-10,17,19,21H,7-8,11-16H2,1H3,(H2,27,28,30,31). The van der Waals surface area contributed by atoms with Gasteiger partial charge in [-0.1, -0.05) is 36.4 Å². The number of imide groups is 1. The molecule has 1 spiro atoms. The maximum atomic E-state index is 13.1. The summed E-state index contributed by atoms with van der Waals surface area (Å²) in [7, 11) is 1.65. The van der Waals surface area contributed by atoms with Crippen molar-refractivity contribution in [2.24, 2.45) is 5.92 Å². The first-order chi connectivity index (χ1) is 15.6. The second-order valence-electron chi connectivity index (χ2n) is 9.29. The summed E-state index contributed by atoms with van der Waals surface area (Å²) in [6.45, 7) is 3.10. The molecule has 2 saturated heterocycles. The number of fused-ring (bicyclic) bond motifs is 2. The fraction of sp³-hybridized carbons (Fsp3) is 0.462. The molecule has 2 heterocycles. The Kier molecular flexibility index (Phi) is 5.64. The van der Waals surface area contributed by atoms with Crippen molar-refractivity contribution in [3.05, 3.63) is 65.2 Å². The quantitative estimate of drug-likeness (QED) is 0.708. The minimum Gasteiger partial charge on any atom is -0.497 e. The number of piperidine rings is 1. The van der Waals surface area contributed by atoms with Crippen molar-refractivity contribution < 1.29 is 14.3 Å². The number of urea groups is 1. The van der Waals surface area contributed by atoms with E-state index in [2.05, 4.69) is 45.9 Å². The van der Waals surface area contributed by atoms with Crippen LogP contribution in [0.15, 0.2) is 48.5 Å². The zero-order valence-electron chi connectivity index (χ0n) is 18.6. The van der Waals surface area contributed by atoms with Crippen LogP contribution < -0.4 is 15.4 Å². The predicted molar refractivity (Wildman–Crippen MR) is 123 cm³/mol. The van der Waals surface area contributed by atoms with E-state index in [4.69, 9.17) is 4.74 Å². The van der Waals surface area contributed by atoms with Crippen molar-refractivity contribution in [3.63, 3.8) is 0 Å². The Morgan fingerprint density at radius 3 is 2.53 bits per heavy atom. The number of nitrogens with zero attached hydrogens (tertiary/aromatic N) is 1. The van der Waals surface area contributed by atoms with Gasteiger partial charge >= 0.3 is 6.03 Å². The van der Waals surface area contributed by atoms with E-state index in [0.29, 0.717) is 5.92 Å². The van der Waals surface area contributed by atoms with Gasteiger partial charge in [0, 0.05) is 0 Å². The zero-order chi connectivity index (χ0) is 22.1. The number of hydrogen-bond donors (Lipinski definition) is 2. The van der Waals surface area contributed by atoms with Crippen LogP contribution in [0.1, 0.15) is 48.3 Å². The molecular weight excluding hydrogens is 402 g/mol.